The van der Waals surface area contributed by atoms with Crippen LogP contribution in [0.25, 0.3) is 0 Å². The van der Waals surface area contributed by atoms with Crippen LogP contribution in [0.5, 0.6) is 5.75 Å². The molecule has 0 spiro atoms. The summed E-state index contributed by atoms with van der Waals surface area (Å²) in [6.07, 6.45) is 5.41. The molecule has 0 saturated carbocycles. The van der Waals surface area contributed by atoms with Crippen LogP contribution in [0.3, 0.4) is 0 Å². The van der Waals surface area contributed by atoms with Gasteiger partial charge in [0, 0.05) is 12.6 Å². The van der Waals surface area contributed by atoms with E-state index in [1.807, 2.05) is 18.2 Å². The van der Waals surface area contributed by atoms with Gasteiger partial charge in [0.1, 0.15) is 5.75 Å². The van der Waals surface area contributed by atoms with Crippen LogP contribution in [0.4, 0.5) is 5.69 Å². The van der Waals surface area contributed by atoms with E-state index in [0.29, 0.717) is 11.6 Å². The molecule has 90 valence electrons. The average Bonchev–Trinajstić information content (AvgIpc) is 2.36. The molecule has 0 saturated heterocycles. The molecule has 0 atom stereocenters. The number of allylic oxidation sites excluding steroid dienone is 2. The SMILES string of the molecule is C=C/C=C(\C=C)CNc1cc(OC)ccc1Cl. The number of ether oxygens (including phenoxy) is 1. The molecule has 0 aliphatic heterocycles. The van der Waals surface area contributed by atoms with Gasteiger partial charge in [-0.05, 0) is 17.7 Å². The maximum absolute atomic E-state index is 6.07. The Morgan fingerprint density at radius 2 is 2.24 bits per heavy atom. The first kappa shape index (κ1) is 13.4. The van der Waals surface area contributed by atoms with E-state index in [2.05, 4.69) is 18.5 Å². The molecule has 1 aromatic rings. The number of halogens is 1. The summed E-state index contributed by atoms with van der Waals surface area (Å²) in [6.45, 7) is 8.03. The second kappa shape index (κ2) is 6.81. The molecule has 17 heavy (non-hydrogen) atoms. The number of anilines is 1. The van der Waals surface area contributed by atoms with Gasteiger partial charge >= 0.3 is 0 Å². The Balaban J connectivity index is 2.77. The summed E-state index contributed by atoms with van der Waals surface area (Å²) in [4.78, 5) is 0. The Morgan fingerprint density at radius 3 is 2.82 bits per heavy atom. The highest BCUT2D eigenvalue weighted by Crippen LogP contribution is 2.26. The van der Waals surface area contributed by atoms with E-state index in [0.717, 1.165) is 17.0 Å². The van der Waals surface area contributed by atoms with E-state index < -0.39 is 0 Å². The smallest absolute Gasteiger partial charge is 0.121 e. The zero-order valence-corrected chi connectivity index (χ0v) is 10.6. The lowest BCUT2D eigenvalue weighted by Gasteiger charge is -2.10. The van der Waals surface area contributed by atoms with Gasteiger partial charge in [0.2, 0.25) is 0 Å². The van der Waals surface area contributed by atoms with Crippen LogP contribution in [-0.4, -0.2) is 13.7 Å². The van der Waals surface area contributed by atoms with Gasteiger partial charge in [0.25, 0.3) is 0 Å². The normalized spacial score (nSPS) is 10.8. The first-order valence-electron chi connectivity index (χ1n) is 5.22. The van der Waals surface area contributed by atoms with Gasteiger partial charge in [-0.25, -0.2) is 0 Å². The zero-order chi connectivity index (χ0) is 12.7. The van der Waals surface area contributed by atoms with Gasteiger partial charge in [-0.3, -0.25) is 0 Å². The summed E-state index contributed by atoms with van der Waals surface area (Å²) in [5.41, 5.74) is 1.88. The third kappa shape index (κ3) is 4.00. The number of rotatable bonds is 6. The van der Waals surface area contributed by atoms with Gasteiger partial charge in [0.05, 0.1) is 17.8 Å². The quantitative estimate of drug-likeness (QED) is 0.768. The molecule has 0 bridgehead atoms. The summed E-state index contributed by atoms with van der Waals surface area (Å²) >= 11 is 6.07. The second-order valence-electron chi connectivity index (χ2n) is 3.38. The van der Waals surface area contributed by atoms with Crippen molar-refractivity contribution in [3.8, 4) is 5.75 Å². The van der Waals surface area contributed by atoms with Gasteiger partial charge in [0.15, 0.2) is 0 Å². The Hall–Kier alpha value is -1.67. The zero-order valence-electron chi connectivity index (χ0n) is 9.87. The highest BCUT2D eigenvalue weighted by atomic mass is 35.5. The topological polar surface area (TPSA) is 21.3 Å². The van der Waals surface area contributed by atoms with Gasteiger partial charge < -0.3 is 10.1 Å². The van der Waals surface area contributed by atoms with Crippen LogP contribution in [0.2, 0.25) is 5.02 Å². The summed E-state index contributed by atoms with van der Waals surface area (Å²) in [5, 5.41) is 3.88. The lowest BCUT2D eigenvalue weighted by atomic mass is 10.2. The van der Waals surface area contributed by atoms with Crippen molar-refractivity contribution in [2.45, 2.75) is 0 Å². The molecule has 0 unspecified atom stereocenters. The predicted octanol–water partition coefficient (Wildman–Crippen LogP) is 4.06. The molecular formula is C14H16ClNO. The first-order valence-corrected chi connectivity index (χ1v) is 5.60. The summed E-state index contributed by atoms with van der Waals surface area (Å²) < 4.78 is 5.14. The lowest BCUT2D eigenvalue weighted by molar-refractivity contribution is 0.415. The van der Waals surface area contributed by atoms with E-state index in [1.54, 1.807) is 25.3 Å². The molecule has 0 aromatic heterocycles. The van der Waals surface area contributed by atoms with Gasteiger partial charge in [-0.1, -0.05) is 43.0 Å². The molecule has 1 rings (SSSR count). The third-order valence-corrected chi connectivity index (χ3v) is 2.58. The Bertz CT molecular complexity index is 438. The van der Waals surface area contributed by atoms with Crippen LogP contribution in [0.15, 0.2) is 55.2 Å². The van der Waals surface area contributed by atoms with Crippen LogP contribution < -0.4 is 10.1 Å². The molecule has 1 N–H and O–H groups in total. The molecule has 0 aliphatic carbocycles. The van der Waals surface area contributed by atoms with Crippen LogP contribution in [-0.2, 0) is 0 Å². The largest absolute Gasteiger partial charge is 0.497 e. The van der Waals surface area contributed by atoms with Crippen molar-refractivity contribution < 1.29 is 4.74 Å². The molecule has 0 heterocycles. The lowest BCUT2D eigenvalue weighted by Crippen LogP contribution is -2.03. The van der Waals surface area contributed by atoms with Crippen LogP contribution >= 0.6 is 11.6 Å². The molecule has 0 radical (unpaired) electrons. The van der Waals surface area contributed by atoms with Crippen molar-refractivity contribution in [1.82, 2.24) is 0 Å². The molecule has 2 nitrogen and oxygen atoms in total. The number of hydrogen-bond acceptors (Lipinski definition) is 2. The fourth-order valence-corrected chi connectivity index (χ4v) is 1.50. The third-order valence-electron chi connectivity index (χ3n) is 2.25. The van der Waals surface area contributed by atoms with Crippen molar-refractivity contribution in [3.05, 3.63) is 60.2 Å². The fourth-order valence-electron chi connectivity index (χ4n) is 1.31. The van der Waals surface area contributed by atoms with Crippen molar-refractivity contribution in [3.63, 3.8) is 0 Å². The number of hydrogen-bond donors (Lipinski definition) is 1. The Morgan fingerprint density at radius 1 is 1.47 bits per heavy atom. The van der Waals surface area contributed by atoms with Crippen molar-refractivity contribution in [2.75, 3.05) is 19.0 Å². The molecule has 1 aromatic carbocycles. The van der Waals surface area contributed by atoms with Gasteiger partial charge in [-0.15, -0.1) is 0 Å². The highest BCUT2D eigenvalue weighted by molar-refractivity contribution is 6.33. The number of benzene rings is 1. The summed E-state index contributed by atoms with van der Waals surface area (Å²) in [5.74, 6) is 0.768. The molecule has 3 heteroatoms. The second-order valence-corrected chi connectivity index (χ2v) is 3.79. The average molecular weight is 250 g/mol. The minimum atomic E-state index is 0.641. The number of methoxy groups -OCH3 is 1. The van der Waals surface area contributed by atoms with E-state index in [-0.39, 0.29) is 0 Å². The first-order chi connectivity index (χ1) is 8.21. The minimum absolute atomic E-state index is 0.641. The van der Waals surface area contributed by atoms with Crippen LogP contribution in [0.1, 0.15) is 0 Å². The maximum atomic E-state index is 6.07. The van der Waals surface area contributed by atoms with E-state index in [4.69, 9.17) is 16.3 Å². The molecular weight excluding hydrogens is 234 g/mol. The van der Waals surface area contributed by atoms with E-state index in [1.165, 1.54) is 0 Å². The predicted molar refractivity (Wildman–Crippen MR) is 75.0 cm³/mol. The van der Waals surface area contributed by atoms with Crippen molar-refractivity contribution in [1.29, 1.82) is 0 Å². The van der Waals surface area contributed by atoms with E-state index >= 15 is 0 Å². The molecule has 0 aliphatic rings. The maximum Gasteiger partial charge on any atom is 0.121 e. The van der Waals surface area contributed by atoms with Crippen molar-refractivity contribution in [2.24, 2.45) is 0 Å². The van der Waals surface area contributed by atoms with Crippen molar-refractivity contribution >= 4 is 17.3 Å². The monoisotopic (exact) mass is 249 g/mol. The van der Waals surface area contributed by atoms with E-state index in [9.17, 15) is 0 Å². The summed E-state index contributed by atoms with van der Waals surface area (Å²) in [7, 11) is 1.62. The molecule has 0 fully saturated rings. The fraction of sp³-hybridized carbons (Fsp3) is 0.143. The highest BCUT2D eigenvalue weighted by Gasteiger charge is 2.02. The Labute approximate surface area is 107 Å². The minimum Gasteiger partial charge on any atom is -0.497 e. The molecule has 0 amide bonds. The van der Waals surface area contributed by atoms with Crippen LogP contribution in [0, 0.1) is 0 Å². The summed E-state index contributed by atoms with van der Waals surface area (Å²) in [6, 6.07) is 5.48. The Kier molecular flexibility index (Phi) is 5.37. The standard InChI is InChI=1S/C14H16ClNO/c1-4-6-11(5-2)10-16-14-9-12(17-3)7-8-13(14)15/h4-9,16H,1-2,10H2,3H3/b11-6+. The van der Waals surface area contributed by atoms with Gasteiger partial charge in [-0.2, -0.15) is 0 Å². The number of nitrogens with one attached hydrogen (secondary N) is 1.